The van der Waals surface area contributed by atoms with Crippen molar-refractivity contribution in [3.63, 3.8) is 0 Å². The molecule has 0 aromatic heterocycles. The van der Waals surface area contributed by atoms with Gasteiger partial charge in [0.2, 0.25) is 5.91 Å². The molecular formula is C17H24N2O3. The summed E-state index contributed by atoms with van der Waals surface area (Å²) >= 11 is 0. The van der Waals surface area contributed by atoms with Crippen molar-refractivity contribution in [1.29, 1.82) is 0 Å². The van der Waals surface area contributed by atoms with Crippen LogP contribution in [0.2, 0.25) is 0 Å². The number of fused-ring (bicyclic) bond motifs is 2. The lowest BCUT2D eigenvalue weighted by Crippen LogP contribution is -2.43. The molecule has 0 radical (unpaired) electrons. The summed E-state index contributed by atoms with van der Waals surface area (Å²) < 4.78 is 10.8. The Kier molecular flexibility index (Phi) is 4.52. The van der Waals surface area contributed by atoms with Crippen molar-refractivity contribution in [2.75, 3.05) is 27.3 Å². The highest BCUT2D eigenvalue weighted by atomic mass is 16.5. The van der Waals surface area contributed by atoms with Crippen LogP contribution in [0, 0.1) is 0 Å². The van der Waals surface area contributed by atoms with E-state index in [1.807, 2.05) is 18.2 Å². The molecule has 22 heavy (non-hydrogen) atoms. The van der Waals surface area contributed by atoms with Crippen molar-refractivity contribution in [1.82, 2.24) is 10.2 Å². The molecule has 2 atom stereocenters. The maximum absolute atomic E-state index is 12.9. The van der Waals surface area contributed by atoms with E-state index in [9.17, 15) is 4.79 Å². The van der Waals surface area contributed by atoms with E-state index in [0.717, 1.165) is 37.9 Å². The molecule has 0 spiro atoms. The highest BCUT2D eigenvalue weighted by Crippen LogP contribution is 2.32. The second-order valence-corrected chi connectivity index (χ2v) is 6.00. The summed E-state index contributed by atoms with van der Waals surface area (Å²) in [4.78, 5) is 15.0. The number of hydrogen-bond donors (Lipinski definition) is 1. The predicted octanol–water partition coefficient (Wildman–Crippen LogP) is 1.60. The molecule has 2 unspecified atom stereocenters. The van der Waals surface area contributed by atoms with Gasteiger partial charge in [-0.3, -0.25) is 4.79 Å². The number of methoxy groups -OCH3 is 2. The van der Waals surface area contributed by atoms with Gasteiger partial charge in [0.15, 0.2) is 0 Å². The number of nitrogens with one attached hydrogen (secondary N) is 1. The van der Waals surface area contributed by atoms with E-state index in [4.69, 9.17) is 9.47 Å². The topological polar surface area (TPSA) is 50.8 Å². The molecule has 1 aromatic carbocycles. The number of amides is 1. The van der Waals surface area contributed by atoms with Crippen molar-refractivity contribution in [2.45, 2.75) is 37.8 Å². The number of hydrogen-bond acceptors (Lipinski definition) is 4. The second-order valence-electron chi connectivity index (χ2n) is 6.00. The van der Waals surface area contributed by atoms with Crippen LogP contribution in [0.3, 0.4) is 0 Å². The minimum Gasteiger partial charge on any atom is -0.496 e. The number of carbonyl (C=O) groups excluding carboxylic acids is 1. The van der Waals surface area contributed by atoms with Crippen molar-refractivity contribution in [3.8, 4) is 11.5 Å². The first kappa shape index (κ1) is 15.2. The smallest absolute Gasteiger partial charge is 0.227 e. The van der Waals surface area contributed by atoms with Gasteiger partial charge in [-0.05, 0) is 37.9 Å². The summed E-state index contributed by atoms with van der Waals surface area (Å²) in [6, 6.07) is 6.35. The lowest BCUT2D eigenvalue weighted by molar-refractivity contribution is -0.133. The van der Waals surface area contributed by atoms with E-state index in [0.29, 0.717) is 30.0 Å². The fourth-order valence-electron chi connectivity index (χ4n) is 3.73. The normalized spacial score (nSPS) is 24.0. The minimum atomic E-state index is 0.180. The molecule has 1 aromatic rings. The molecule has 2 aliphatic rings. The van der Waals surface area contributed by atoms with Gasteiger partial charge in [-0.15, -0.1) is 0 Å². The maximum atomic E-state index is 12.9. The number of nitrogens with zero attached hydrogens (tertiary/aromatic N) is 1. The Labute approximate surface area is 131 Å². The van der Waals surface area contributed by atoms with Crippen LogP contribution in [0.5, 0.6) is 11.5 Å². The predicted molar refractivity (Wildman–Crippen MR) is 84.4 cm³/mol. The van der Waals surface area contributed by atoms with E-state index in [2.05, 4.69) is 10.2 Å². The monoisotopic (exact) mass is 304 g/mol. The molecule has 120 valence electrons. The summed E-state index contributed by atoms with van der Waals surface area (Å²) in [6.45, 7) is 1.91. The first-order valence-corrected chi connectivity index (χ1v) is 7.96. The van der Waals surface area contributed by atoms with E-state index in [1.54, 1.807) is 14.2 Å². The molecule has 5 heteroatoms. The molecule has 1 amide bonds. The van der Waals surface area contributed by atoms with Crippen molar-refractivity contribution >= 4 is 5.91 Å². The Morgan fingerprint density at radius 3 is 2.55 bits per heavy atom. The standard InChI is InChI=1S/C17H24N2O3/c1-21-15-4-3-5-16(22-2)14(15)10-17(20)19-12-6-7-13(19)11-18-9-8-12/h3-5,12-13,18H,6-11H2,1-2H3. The zero-order valence-electron chi connectivity index (χ0n) is 13.3. The van der Waals surface area contributed by atoms with Crippen LogP contribution in [-0.4, -0.2) is 50.2 Å². The Hall–Kier alpha value is -1.75. The third-order valence-corrected chi connectivity index (χ3v) is 4.80. The summed E-state index contributed by atoms with van der Waals surface area (Å²) in [5.74, 6) is 1.61. The lowest BCUT2D eigenvalue weighted by Gasteiger charge is -2.28. The number of carbonyl (C=O) groups is 1. The molecule has 2 fully saturated rings. The van der Waals surface area contributed by atoms with Crippen LogP contribution in [-0.2, 0) is 11.2 Å². The quantitative estimate of drug-likeness (QED) is 0.918. The van der Waals surface area contributed by atoms with Gasteiger partial charge in [-0.25, -0.2) is 0 Å². The van der Waals surface area contributed by atoms with Gasteiger partial charge in [-0.2, -0.15) is 0 Å². The van der Waals surface area contributed by atoms with Gasteiger partial charge < -0.3 is 19.7 Å². The van der Waals surface area contributed by atoms with Crippen molar-refractivity contribution in [2.24, 2.45) is 0 Å². The van der Waals surface area contributed by atoms with Crippen LogP contribution in [0.15, 0.2) is 18.2 Å². The van der Waals surface area contributed by atoms with Gasteiger partial charge in [-0.1, -0.05) is 6.07 Å². The van der Waals surface area contributed by atoms with Crippen LogP contribution in [0.1, 0.15) is 24.8 Å². The van der Waals surface area contributed by atoms with E-state index in [1.165, 1.54) is 0 Å². The van der Waals surface area contributed by atoms with Gasteiger partial charge in [0, 0.05) is 24.2 Å². The highest BCUT2D eigenvalue weighted by molar-refractivity contribution is 5.81. The Bertz CT molecular complexity index is 510. The largest absolute Gasteiger partial charge is 0.496 e. The first-order chi connectivity index (χ1) is 10.7. The van der Waals surface area contributed by atoms with E-state index >= 15 is 0 Å². The van der Waals surface area contributed by atoms with Crippen molar-refractivity contribution in [3.05, 3.63) is 23.8 Å². The Morgan fingerprint density at radius 1 is 1.18 bits per heavy atom. The Morgan fingerprint density at radius 2 is 1.86 bits per heavy atom. The van der Waals surface area contributed by atoms with E-state index < -0.39 is 0 Å². The molecule has 2 heterocycles. The third kappa shape index (κ3) is 2.77. The van der Waals surface area contributed by atoms with Gasteiger partial charge in [0.05, 0.1) is 20.6 Å². The number of benzene rings is 1. The van der Waals surface area contributed by atoms with Gasteiger partial charge in [0.1, 0.15) is 11.5 Å². The zero-order chi connectivity index (χ0) is 15.5. The van der Waals surface area contributed by atoms with Crippen LogP contribution >= 0.6 is 0 Å². The number of ether oxygens (including phenoxy) is 2. The maximum Gasteiger partial charge on any atom is 0.227 e. The average molecular weight is 304 g/mol. The fourth-order valence-corrected chi connectivity index (χ4v) is 3.73. The van der Waals surface area contributed by atoms with Crippen LogP contribution in [0.25, 0.3) is 0 Å². The average Bonchev–Trinajstić information content (AvgIpc) is 2.80. The molecular weight excluding hydrogens is 280 g/mol. The van der Waals surface area contributed by atoms with Crippen LogP contribution < -0.4 is 14.8 Å². The Balaban J connectivity index is 1.82. The summed E-state index contributed by atoms with van der Waals surface area (Å²) in [7, 11) is 3.25. The molecule has 1 N–H and O–H groups in total. The fraction of sp³-hybridized carbons (Fsp3) is 0.588. The minimum absolute atomic E-state index is 0.180. The SMILES string of the molecule is COc1cccc(OC)c1CC(=O)N1C2CCNCC1CC2. The molecule has 0 aliphatic carbocycles. The molecule has 5 nitrogen and oxygen atoms in total. The molecule has 0 saturated carbocycles. The second kappa shape index (κ2) is 6.57. The number of rotatable bonds is 4. The molecule has 2 saturated heterocycles. The summed E-state index contributed by atoms with van der Waals surface area (Å²) in [6.07, 6.45) is 3.61. The molecule has 2 bridgehead atoms. The lowest BCUT2D eigenvalue weighted by atomic mass is 10.1. The van der Waals surface area contributed by atoms with E-state index in [-0.39, 0.29) is 5.91 Å². The zero-order valence-corrected chi connectivity index (χ0v) is 13.3. The summed E-state index contributed by atoms with van der Waals surface area (Å²) in [5, 5.41) is 3.43. The van der Waals surface area contributed by atoms with Gasteiger partial charge >= 0.3 is 0 Å². The first-order valence-electron chi connectivity index (χ1n) is 7.96. The van der Waals surface area contributed by atoms with Crippen molar-refractivity contribution < 1.29 is 14.3 Å². The summed E-state index contributed by atoms with van der Waals surface area (Å²) in [5.41, 5.74) is 0.842. The van der Waals surface area contributed by atoms with Crippen LogP contribution in [0.4, 0.5) is 0 Å². The van der Waals surface area contributed by atoms with Gasteiger partial charge in [0.25, 0.3) is 0 Å². The highest BCUT2D eigenvalue weighted by Gasteiger charge is 2.38. The molecule has 2 aliphatic heterocycles. The third-order valence-electron chi connectivity index (χ3n) is 4.80. The molecule has 3 rings (SSSR count).